The Kier molecular flexibility index (Phi) is 2.47. The quantitative estimate of drug-likeness (QED) is 0.802. The first-order valence-electron chi connectivity index (χ1n) is 3.87. The Morgan fingerprint density at radius 1 is 1.54 bits per heavy atom. The highest BCUT2D eigenvalue weighted by molar-refractivity contribution is 7.09. The van der Waals surface area contributed by atoms with E-state index < -0.39 is 0 Å². The lowest BCUT2D eigenvalue weighted by Gasteiger charge is -1.84. The highest BCUT2D eigenvalue weighted by atomic mass is 32.1. The second-order valence-electron chi connectivity index (χ2n) is 2.46. The maximum absolute atomic E-state index is 3.80. The van der Waals surface area contributed by atoms with E-state index in [0.29, 0.717) is 5.82 Å². The van der Waals surface area contributed by atoms with Crippen molar-refractivity contribution in [3.63, 3.8) is 0 Å². The monoisotopic (exact) mass is 192 g/mol. The largest absolute Gasteiger partial charge is 0.197 e. The molecule has 4 nitrogen and oxygen atoms in total. The molecule has 0 bridgehead atoms. The number of tetrazole rings is 1. The number of hydrogen-bond donors (Lipinski definition) is 1. The summed E-state index contributed by atoms with van der Waals surface area (Å²) >= 11 is 1.74. The molecule has 0 saturated heterocycles. The van der Waals surface area contributed by atoms with Crippen molar-refractivity contribution in [3.8, 4) is 0 Å². The second kappa shape index (κ2) is 3.95. The zero-order chi connectivity index (χ0) is 8.93. The van der Waals surface area contributed by atoms with Crippen LogP contribution in [0.25, 0.3) is 6.08 Å². The van der Waals surface area contributed by atoms with Crippen LogP contribution in [0.2, 0.25) is 0 Å². The number of aromatic amines is 1. The lowest BCUT2D eigenvalue weighted by molar-refractivity contribution is 0.881. The third kappa shape index (κ3) is 2.22. The number of nitrogens with one attached hydrogen (secondary N) is 1. The summed E-state index contributed by atoms with van der Waals surface area (Å²) in [6, 6.07) is 4.15. The van der Waals surface area contributed by atoms with Crippen LogP contribution in [-0.4, -0.2) is 20.6 Å². The Bertz CT molecular complexity index is 363. The summed E-state index contributed by atoms with van der Waals surface area (Å²) in [6.07, 6.45) is 4.80. The van der Waals surface area contributed by atoms with Crippen molar-refractivity contribution < 1.29 is 0 Å². The Morgan fingerprint density at radius 2 is 2.54 bits per heavy atom. The molecule has 0 radical (unpaired) electrons. The molecule has 2 rings (SSSR count). The summed E-state index contributed by atoms with van der Waals surface area (Å²) in [4.78, 5) is 1.33. The molecule has 0 aliphatic rings. The number of nitrogens with zero attached hydrogens (tertiary/aromatic N) is 3. The topological polar surface area (TPSA) is 54.5 Å². The molecule has 2 heterocycles. The van der Waals surface area contributed by atoms with Gasteiger partial charge in [-0.1, -0.05) is 12.1 Å². The predicted molar refractivity (Wildman–Crippen MR) is 51.2 cm³/mol. The van der Waals surface area contributed by atoms with E-state index >= 15 is 0 Å². The van der Waals surface area contributed by atoms with Crippen molar-refractivity contribution in [2.24, 2.45) is 0 Å². The van der Waals surface area contributed by atoms with E-state index in [1.807, 2.05) is 18.2 Å². The summed E-state index contributed by atoms with van der Waals surface area (Å²) in [5, 5.41) is 15.5. The van der Waals surface area contributed by atoms with Crippen LogP contribution in [0, 0.1) is 0 Å². The number of hydrogen-bond acceptors (Lipinski definition) is 4. The van der Waals surface area contributed by atoms with Gasteiger partial charge in [0.2, 0.25) is 0 Å². The highest BCUT2D eigenvalue weighted by Crippen LogP contribution is 2.09. The third-order valence-corrected chi connectivity index (χ3v) is 2.43. The molecule has 0 saturated carbocycles. The van der Waals surface area contributed by atoms with Crippen molar-refractivity contribution >= 4 is 17.4 Å². The van der Waals surface area contributed by atoms with Gasteiger partial charge in [-0.3, -0.25) is 0 Å². The van der Waals surface area contributed by atoms with Gasteiger partial charge in [0.1, 0.15) is 0 Å². The van der Waals surface area contributed by atoms with E-state index in [1.54, 1.807) is 11.3 Å². The van der Waals surface area contributed by atoms with E-state index in [1.165, 1.54) is 4.88 Å². The van der Waals surface area contributed by atoms with Gasteiger partial charge in [0.25, 0.3) is 0 Å². The summed E-state index contributed by atoms with van der Waals surface area (Å²) in [6.45, 7) is 0. The summed E-state index contributed by atoms with van der Waals surface area (Å²) in [5.74, 6) is 0.622. The van der Waals surface area contributed by atoms with Crippen LogP contribution in [0.5, 0.6) is 0 Å². The zero-order valence-electron chi connectivity index (χ0n) is 6.84. The molecule has 0 unspecified atom stereocenters. The first kappa shape index (κ1) is 8.12. The summed E-state index contributed by atoms with van der Waals surface area (Å²) < 4.78 is 0. The van der Waals surface area contributed by atoms with Crippen molar-refractivity contribution in [2.75, 3.05) is 0 Å². The Balaban J connectivity index is 1.93. The lowest BCUT2D eigenvalue weighted by atomic mass is 10.3. The molecule has 0 aliphatic heterocycles. The van der Waals surface area contributed by atoms with Crippen molar-refractivity contribution in [2.45, 2.75) is 6.42 Å². The normalized spacial score (nSPS) is 11.1. The minimum atomic E-state index is 0.622. The molecule has 2 aromatic rings. The zero-order valence-corrected chi connectivity index (χ0v) is 7.66. The molecule has 66 valence electrons. The third-order valence-electron chi connectivity index (χ3n) is 1.53. The van der Waals surface area contributed by atoms with Gasteiger partial charge in [-0.15, -0.1) is 21.5 Å². The maximum Gasteiger partial charge on any atom is 0.197 e. The molecule has 0 spiro atoms. The van der Waals surface area contributed by atoms with E-state index in [9.17, 15) is 0 Å². The average molecular weight is 192 g/mol. The van der Waals surface area contributed by atoms with Gasteiger partial charge >= 0.3 is 0 Å². The van der Waals surface area contributed by atoms with Gasteiger partial charge < -0.3 is 0 Å². The van der Waals surface area contributed by atoms with Crippen molar-refractivity contribution in [1.29, 1.82) is 0 Å². The minimum Gasteiger partial charge on any atom is -0.177 e. The van der Waals surface area contributed by atoms with Gasteiger partial charge in [-0.05, 0) is 22.7 Å². The van der Waals surface area contributed by atoms with Gasteiger partial charge in [0, 0.05) is 11.3 Å². The molecule has 5 heteroatoms. The van der Waals surface area contributed by atoms with Gasteiger partial charge in [-0.2, -0.15) is 5.21 Å². The molecule has 13 heavy (non-hydrogen) atoms. The number of thiophene rings is 1. The number of aromatic nitrogens is 4. The molecular weight excluding hydrogens is 184 g/mol. The van der Waals surface area contributed by atoms with Gasteiger partial charge in [0.05, 0.1) is 0 Å². The Labute approximate surface area is 79.3 Å². The van der Waals surface area contributed by atoms with Crippen LogP contribution in [0.15, 0.2) is 23.6 Å². The lowest BCUT2D eigenvalue weighted by Crippen LogP contribution is -1.76. The first-order valence-corrected chi connectivity index (χ1v) is 4.75. The number of H-pyrrole nitrogens is 1. The van der Waals surface area contributed by atoms with Crippen molar-refractivity contribution in [3.05, 3.63) is 34.3 Å². The van der Waals surface area contributed by atoms with E-state index in [4.69, 9.17) is 0 Å². The fourth-order valence-corrected chi connectivity index (χ4v) is 1.63. The summed E-state index contributed by atoms with van der Waals surface area (Å²) in [5.41, 5.74) is 0. The minimum absolute atomic E-state index is 0.622. The van der Waals surface area contributed by atoms with Crippen LogP contribution in [0.3, 0.4) is 0 Å². The van der Waals surface area contributed by atoms with E-state index in [0.717, 1.165) is 6.42 Å². The van der Waals surface area contributed by atoms with E-state index in [-0.39, 0.29) is 0 Å². The Morgan fingerprint density at radius 3 is 3.23 bits per heavy atom. The van der Waals surface area contributed by atoms with Crippen LogP contribution < -0.4 is 0 Å². The van der Waals surface area contributed by atoms with Crippen LogP contribution in [-0.2, 0) is 6.42 Å². The first-order chi connectivity index (χ1) is 6.45. The average Bonchev–Trinajstić information content (AvgIpc) is 2.75. The molecule has 0 amide bonds. The molecule has 0 fully saturated rings. The van der Waals surface area contributed by atoms with E-state index in [2.05, 4.69) is 32.1 Å². The molecule has 0 aliphatic carbocycles. The Hall–Kier alpha value is -1.49. The van der Waals surface area contributed by atoms with Gasteiger partial charge in [-0.25, -0.2) is 0 Å². The fraction of sp³-hybridized carbons (Fsp3) is 0.125. The van der Waals surface area contributed by atoms with Crippen LogP contribution >= 0.6 is 11.3 Å². The summed E-state index contributed by atoms with van der Waals surface area (Å²) in [7, 11) is 0. The van der Waals surface area contributed by atoms with Gasteiger partial charge in [0.15, 0.2) is 5.82 Å². The SMILES string of the molecule is C(=Cc1nn[nH]n1)Cc1cccs1. The molecule has 0 atom stereocenters. The smallest absolute Gasteiger partial charge is 0.177 e. The molecule has 0 aromatic carbocycles. The standard InChI is InChI=1S/C8H8N4S/c1(3-7-4-2-6-13-7)5-8-9-11-12-10-8/h1-2,4-6H,3H2,(H,9,10,11,12). The predicted octanol–water partition coefficient (Wildman–Crippen LogP) is 1.52. The number of rotatable bonds is 3. The second-order valence-corrected chi connectivity index (χ2v) is 3.49. The molecule has 1 N–H and O–H groups in total. The number of allylic oxidation sites excluding steroid dienone is 1. The highest BCUT2D eigenvalue weighted by Gasteiger charge is 1.91. The van der Waals surface area contributed by atoms with Crippen molar-refractivity contribution in [1.82, 2.24) is 20.6 Å². The van der Waals surface area contributed by atoms with Crippen LogP contribution in [0.1, 0.15) is 10.7 Å². The van der Waals surface area contributed by atoms with Crippen LogP contribution in [0.4, 0.5) is 0 Å². The molecular formula is C8H8N4S. The fourth-order valence-electron chi connectivity index (χ4n) is 0.949. The molecule has 2 aromatic heterocycles. The maximum atomic E-state index is 3.80.